The number of nitrogens with two attached hydrogens (primary N) is 1. The fourth-order valence-electron chi connectivity index (χ4n) is 3.21. The Morgan fingerprint density at radius 3 is 2.77 bits per heavy atom. The molecule has 0 spiro atoms. The van der Waals surface area contributed by atoms with Crippen LogP contribution >= 0.6 is 22.9 Å². The first-order valence-corrected chi connectivity index (χ1v) is 11.9. The van der Waals surface area contributed by atoms with Crippen molar-refractivity contribution >= 4 is 54.8 Å². The fraction of sp³-hybridized carbons (Fsp3) is 0.200. The van der Waals surface area contributed by atoms with Gasteiger partial charge < -0.3 is 10.6 Å². The Morgan fingerprint density at radius 1 is 1.23 bits per heavy atom. The van der Waals surface area contributed by atoms with Crippen molar-refractivity contribution in [2.45, 2.75) is 16.7 Å². The van der Waals surface area contributed by atoms with Gasteiger partial charge in [-0.1, -0.05) is 48.0 Å². The van der Waals surface area contributed by atoms with E-state index in [1.165, 1.54) is 4.90 Å². The molecule has 1 aromatic heterocycles. The first-order valence-electron chi connectivity index (χ1n) is 9.19. The van der Waals surface area contributed by atoms with Crippen molar-refractivity contribution < 1.29 is 13.2 Å². The summed E-state index contributed by atoms with van der Waals surface area (Å²) in [6.45, 7) is 0.485. The number of amidine groups is 1. The van der Waals surface area contributed by atoms with Crippen LogP contribution in [0.3, 0.4) is 0 Å². The Hall–Kier alpha value is -2.46. The average Bonchev–Trinajstić information content (AvgIpc) is 3.31. The maximum Gasteiger partial charge on any atom is 0.250 e. The zero-order valence-corrected chi connectivity index (χ0v) is 18.2. The second kappa shape index (κ2) is 8.35. The number of thiophene rings is 1. The number of amides is 1. The number of aliphatic imine (C=N–C) groups is 1. The van der Waals surface area contributed by atoms with Crippen molar-refractivity contribution in [1.82, 2.24) is 9.62 Å². The predicted octanol–water partition coefficient (Wildman–Crippen LogP) is 2.80. The Morgan fingerprint density at radius 2 is 2.00 bits per heavy atom. The number of benzene rings is 2. The van der Waals surface area contributed by atoms with Gasteiger partial charge in [-0.15, -0.1) is 11.3 Å². The molecule has 1 unspecified atom stereocenters. The van der Waals surface area contributed by atoms with Crippen molar-refractivity contribution in [2.24, 2.45) is 10.7 Å². The van der Waals surface area contributed by atoms with Crippen molar-refractivity contribution in [3.63, 3.8) is 0 Å². The minimum absolute atomic E-state index is 0.0825. The van der Waals surface area contributed by atoms with Crippen molar-refractivity contribution in [3.05, 3.63) is 65.2 Å². The molecule has 1 amide bonds. The van der Waals surface area contributed by atoms with Crippen LogP contribution in [0.15, 0.2) is 63.8 Å². The van der Waals surface area contributed by atoms with Crippen LogP contribution in [-0.2, 0) is 14.8 Å². The van der Waals surface area contributed by atoms with E-state index in [9.17, 15) is 13.2 Å². The van der Waals surface area contributed by atoms with Gasteiger partial charge in [-0.3, -0.25) is 4.79 Å². The summed E-state index contributed by atoms with van der Waals surface area (Å²) in [7, 11) is -3.83. The molecule has 0 saturated carbocycles. The second-order valence-electron chi connectivity index (χ2n) is 6.86. The highest BCUT2D eigenvalue weighted by Gasteiger charge is 2.35. The third kappa shape index (κ3) is 4.34. The lowest BCUT2D eigenvalue weighted by atomic mass is 10.2. The molecule has 2 aromatic carbocycles. The molecular weight excluding hydrogens is 444 g/mol. The molecule has 0 radical (unpaired) electrons. The lowest BCUT2D eigenvalue weighted by Gasteiger charge is -2.15. The highest BCUT2D eigenvalue weighted by atomic mass is 35.5. The van der Waals surface area contributed by atoms with E-state index in [1.54, 1.807) is 24.3 Å². The predicted molar refractivity (Wildman–Crippen MR) is 119 cm³/mol. The molecular formula is C20H19ClN4O3S2. The van der Waals surface area contributed by atoms with Gasteiger partial charge in [-0.05, 0) is 30.0 Å². The van der Waals surface area contributed by atoms with Crippen LogP contribution in [0.25, 0.3) is 10.1 Å². The number of halogens is 1. The number of hydrogen-bond acceptors (Lipinski definition) is 5. The zero-order chi connectivity index (χ0) is 21.3. The van der Waals surface area contributed by atoms with Crippen molar-refractivity contribution in [1.29, 1.82) is 0 Å². The molecule has 1 atom stereocenters. The smallest absolute Gasteiger partial charge is 0.250 e. The maximum absolute atomic E-state index is 12.8. The molecule has 3 aromatic rings. The van der Waals surface area contributed by atoms with E-state index >= 15 is 0 Å². The normalized spacial score (nSPS) is 17.8. The van der Waals surface area contributed by atoms with Gasteiger partial charge in [-0.2, -0.15) is 4.72 Å². The number of rotatable bonds is 6. The highest BCUT2D eigenvalue weighted by Crippen LogP contribution is 2.31. The zero-order valence-electron chi connectivity index (χ0n) is 15.8. The summed E-state index contributed by atoms with van der Waals surface area (Å²) in [6, 6.07) is 15.2. The average molecular weight is 463 g/mol. The first-order chi connectivity index (χ1) is 14.3. The largest absolute Gasteiger partial charge is 0.383 e. The van der Waals surface area contributed by atoms with E-state index < -0.39 is 16.1 Å². The van der Waals surface area contributed by atoms with E-state index in [0.29, 0.717) is 23.8 Å². The van der Waals surface area contributed by atoms with E-state index in [4.69, 9.17) is 17.3 Å². The number of likely N-dealkylation sites (tertiary alicyclic amines) is 1. The van der Waals surface area contributed by atoms with Gasteiger partial charge in [0, 0.05) is 21.8 Å². The van der Waals surface area contributed by atoms with Crippen LogP contribution in [0.2, 0.25) is 5.02 Å². The van der Waals surface area contributed by atoms with Crippen LogP contribution in [0, 0.1) is 0 Å². The van der Waals surface area contributed by atoms with E-state index in [1.807, 2.05) is 30.3 Å². The molecule has 3 N–H and O–H groups in total. The molecule has 4 rings (SSSR count). The number of carbonyl (C=O) groups excluding carboxylic acids is 1. The van der Waals surface area contributed by atoms with Crippen LogP contribution in [0.1, 0.15) is 12.0 Å². The topological polar surface area (TPSA) is 105 Å². The monoisotopic (exact) mass is 462 g/mol. The number of nitrogens with one attached hydrogen (secondary N) is 1. The van der Waals surface area contributed by atoms with Gasteiger partial charge in [-0.25, -0.2) is 13.4 Å². The molecule has 7 nitrogen and oxygen atoms in total. The van der Waals surface area contributed by atoms with E-state index in [-0.39, 0.29) is 16.8 Å². The van der Waals surface area contributed by atoms with Gasteiger partial charge in [0.2, 0.25) is 5.91 Å². The number of nitrogens with zero attached hydrogens (tertiary/aromatic N) is 2. The molecule has 1 aliphatic rings. The molecule has 1 saturated heterocycles. The Labute approximate surface area is 183 Å². The van der Waals surface area contributed by atoms with Gasteiger partial charge in [0.25, 0.3) is 10.0 Å². The number of sulfonamides is 1. The molecule has 2 heterocycles. The molecule has 1 fully saturated rings. The molecule has 156 valence electrons. The molecule has 10 heteroatoms. The summed E-state index contributed by atoms with van der Waals surface area (Å²) in [5, 5.41) is 1.33. The fourth-order valence-corrected chi connectivity index (χ4v) is 6.12. The maximum atomic E-state index is 12.8. The van der Waals surface area contributed by atoms with E-state index in [0.717, 1.165) is 27.0 Å². The minimum atomic E-state index is -3.83. The summed E-state index contributed by atoms with van der Waals surface area (Å²) in [4.78, 5) is 18.4. The summed E-state index contributed by atoms with van der Waals surface area (Å²) in [5.74, 6) is 0.0173. The SMILES string of the molecule is NC(=NCN1CCC(NS(=O)(=O)c2cc3ccc(Cl)cc3s2)C1=O)c1ccccc1. The molecule has 0 bridgehead atoms. The quantitative estimate of drug-likeness (QED) is 0.434. The highest BCUT2D eigenvalue weighted by molar-refractivity contribution is 7.91. The van der Waals surface area contributed by atoms with Crippen LogP contribution in [-0.4, -0.2) is 44.3 Å². The minimum Gasteiger partial charge on any atom is -0.383 e. The van der Waals surface area contributed by atoms with Gasteiger partial charge in [0.1, 0.15) is 22.8 Å². The molecule has 0 aliphatic carbocycles. The lowest BCUT2D eigenvalue weighted by Crippen LogP contribution is -2.41. The Bertz CT molecular complexity index is 1230. The van der Waals surface area contributed by atoms with Gasteiger partial charge >= 0.3 is 0 Å². The van der Waals surface area contributed by atoms with Crippen LogP contribution in [0.5, 0.6) is 0 Å². The Balaban J connectivity index is 1.44. The first kappa shape index (κ1) is 20.8. The number of hydrogen-bond donors (Lipinski definition) is 2. The lowest BCUT2D eigenvalue weighted by molar-refractivity contribution is -0.128. The van der Waals surface area contributed by atoms with Gasteiger partial charge in [0.05, 0.1) is 0 Å². The number of carbonyl (C=O) groups is 1. The Kier molecular flexibility index (Phi) is 5.79. The van der Waals surface area contributed by atoms with Crippen molar-refractivity contribution in [3.8, 4) is 0 Å². The second-order valence-corrected chi connectivity index (χ2v) is 10.3. The standard InChI is InChI=1S/C20H19ClN4O3S2/c21-15-7-6-14-10-18(29-17(14)11-15)30(27,28)24-16-8-9-25(20(16)26)12-23-19(22)13-4-2-1-3-5-13/h1-7,10-11,16,24H,8-9,12H2,(H2,22,23). The summed E-state index contributed by atoms with van der Waals surface area (Å²) in [6.07, 6.45) is 0.371. The third-order valence-corrected chi connectivity index (χ3v) is 8.08. The van der Waals surface area contributed by atoms with Crippen LogP contribution in [0.4, 0.5) is 0 Å². The van der Waals surface area contributed by atoms with E-state index in [2.05, 4.69) is 9.71 Å². The van der Waals surface area contributed by atoms with Crippen molar-refractivity contribution in [2.75, 3.05) is 13.2 Å². The third-order valence-electron chi connectivity index (χ3n) is 4.80. The summed E-state index contributed by atoms with van der Waals surface area (Å²) >= 11 is 7.10. The molecule has 30 heavy (non-hydrogen) atoms. The van der Waals surface area contributed by atoms with Gasteiger partial charge in [0.15, 0.2) is 0 Å². The summed E-state index contributed by atoms with van der Waals surface area (Å²) < 4.78 is 29.0. The van der Waals surface area contributed by atoms with Crippen LogP contribution < -0.4 is 10.5 Å². The number of fused-ring (bicyclic) bond motifs is 1. The molecule has 1 aliphatic heterocycles. The summed E-state index contributed by atoms with van der Waals surface area (Å²) in [5.41, 5.74) is 6.74.